The molecule has 1 fully saturated rings. The average molecular weight is 366 g/mol. The zero-order chi connectivity index (χ0) is 17.8. The Balaban J connectivity index is 0.000000322. The van der Waals surface area contributed by atoms with Crippen LogP contribution in [-0.2, 0) is 4.79 Å². The fraction of sp³-hybridized carbons (Fsp3) is 0.417. The first-order valence-electron chi connectivity index (χ1n) is 5.96. The van der Waals surface area contributed by atoms with Crippen molar-refractivity contribution in [1.29, 1.82) is 0 Å². The van der Waals surface area contributed by atoms with Gasteiger partial charge < -0.3 is 15.2 Å². The van der Waals surface area contributed by atoms with Crippen LogP contribution >= 0.6 is 11.6 Å². The summed E-state index contributed by atoms with van der Waals surface area (Å²) in [5, 5.41) is 10.2. The number of carboxylic acids is 1. The van der Waals surface area contributed by atoms with Crippen LogP contribution in [0.15, 0.2) is 18.2 Å². The smallest absolute Gasteiger partial charge is 0.475 e. The molecule has 2 N–H and O–H groups in total. The van der Waals surface area contributed by atoms with Crippen LogP contribution in [0.3, 0.4) is 0 Å². The zero-order valence-electron chi connectivity index (χ0n) is 11.1. The van der Waals surface area contributed by atoms with Gasteiger partial charge in [0.05, 0.1) is 5.02 Å². The Morgan fingerprint density at radius 3 is 2.04 bits per heavy atom. The molecule has 0 aromatic heterocycles. The third-order valence-electron chi connectivity index (χ3n) is 2.68. The highest BCUT2D eigenvalue weighted by Crippen LogP contribution is 2.33. The molecule has 1 aliphatic rings. The Morgan fingerprint density at radius 1 is 1.22 bits per heavy atom. The van der Waals surface area contributed by atoms with Gasteiger partial charge in [-0.05, 0) is 17.7 Å². The SMILES string of the molecule is FC(F)(F)Oc1ccc(C2CNC2)cc1Cl.O=C(O)C(F)(F)F. The molecule has 1 aromatic carbocycles. The topological polar surface area (TPSA) is 58.6 Å². The maximum Gasteiger partial charge on any atom is 0.573 e. The molecule has 0 unspecified atom stereocenters. The summed E-state index contributed by atoms with van der Waals surface area (Å²) in [4.78, 5) is 8.90. The molecule has 1 aromatic rings. The normalized spacial score (nSPS) is 15.3. The Bertz CT molecular complexity index is 557. The van der Waals surface area contributed by atoms with Crippen LogP contribution in [0.5, 0.6) is 5.75 Å². The van der Waals surface area contributed by atoms with Crippen LogP contribution < -0.4 is 10.1 Å². The number of ether oxygens (including phenoxy) is 1. The fourth-order valence-corrected chi connectivity index (χ4v) is 1.73. The standard InChI is InChI=1S/C10H9ClF3NO.C2HF3O2/c11-8-3-6(7-4-15-5-7)1-2-9(8)16-10(12,13)14;3-2(4,5)1(6)7/h1-3,7,15H,4-5H2;(H,6,7). The molecule has 11 heteroatoms. The second-order valence-corrected chi connectivity index (χ2v) is 4.80. The Labute approximate surface area is 131 Å². The molecule has 0 radical (unpaired) electrons. The number of rotatable bonds is 2. The van der Waals surface area contributed by atoms with Crippen molar-refractivity contribution in [3.8, 4) is 5.75 Å². The molecular formula is C12H10ClF6NO3. The molecule has 0 saturated carbocycles. The van der Waals surface area contributed by atoms with Crippen LogP contribution in [0.1, 0.15) is 11.5 Å². The number of halogens is 7. The maximum atomic E-state index is 12.0. The third-order valence-corrected chi connectivity index (χ3v) is 2.97. The number of hydrogen-bond donors (Lipinski definition) is 2. The van der Waals surface area contributed by atoms with Gasteiger partial charge in [-0.2, -0.15) is 13.2 Å². The maximum absolute atomic E-state index is 12.0. The van der Waals surface area contributed by atoms with Gasteiger partial charge >= 0.3 is 18.5 Å². The molecule has 23 heavy (non-hydrogen) atoms. The first kappa shape index (κ1) is 19.4. The first-order chi connectivity index (χ1) is 10.4. The average Bonchev–Trinajstić information content (AvgIpc) is 2.28. The number of nitrogens with one attached hydrogen (secondary N) is 1. The van der Waals surface area contributed by atoms with Gasteiger partial charge in [0.1, 0.15) is 5.75 Å². The van der Waals surface area contributed by atoms with Crippen molar-refractivity contribution in [1.82, 2.24) is 5.32 Å². The molecule has 1 saturated heterocycles. The highest BCUT2D eigenvalue weighted by Gasteiger charge is 2.38. The van der Waals surface area contributed by atoms with Crippen LogP contribution in [0, 0.1) is 0 Å². The van der Waals surface area contributed by atoms with Crippen molar-refractivity contribution in [2.45, 2.75) is 18.5 Å². The van der Waals surface area contributed by atoms with Gasteiger partial charge in [0.25, 0.3) is 0 Å². The molecule has 0 aliphatic carbocycles. The predicted molar refractivity (Wildman–Crippen MR) is 67.4 cm³/mol. The Morgan fingerprint density at radius 2 is 1.74 bits per heavy atom. The molecule has 0 spiro atoms. The lowest BCUT2D eigenvalue weighted by Crippen LogP contribution is -2.39. The number of alkyl halides is 6. The van der Waals surface area contributed by atoms with Gasteiger partial charge in [-0.15, -0.1) is 13.2 Å². The monoisotopic (exact) mass is 365 g/mol. The molecule has 130 valence electrons. The summed E-state index contributed by atoms with van der Waals surface area (Å²) in [6, 6.07) is 4.38. The van der Waals surface area contributed by atoms with E-state index >= 15 is 0 Å². The zero-order valence-corrected chi connectivity index (χ0v) is 11.9. The summed E-state index contributed by atoms with van der Waals surface area (Å²) in [7, 11) is 0. The van der Waals surface area contributed by atoms with Crippen LogP contribution in [0.2, 0.25) is 5.02 Å². The number of carbonyl (C=O) groups is 1. The molecule has 2 rings (SSSR count). The Hall–Kier alpha value is -1.68. The van der Waals surface area contributed by atoms with Gasteiger partial charge in [-0.3, -0.25) is 0 Å². The summed E-state index contributed by atoms with van der Waals surface area (Å²) in [6.07, 6.45) is -9.79. The van der Waals surface area contributed by atoms with Gasteiger partial charge in [0.2, 0.25) is 0 Å². The van der Waals surface area contributed by atoms with E-state index in [0.717, 1.165) is 18.7 Å². The highest BCUT2D eigenvalue weighted by molar-refractivity contribution is 6.32. The van der Waals surface area contributed by atoms with E-state index in [1.165, 1.54) is 12.1 Å². The summed E-state index contributed by atoms with van der Waals surface area (Å²) in [6.45, 7) is 1.66. The van der Waals surface area contributed by atoms with E-state index in [9.17, 15) is 26.3 Å². The van der Waals surface area contributed by atoms with Crippen LogP contribution in [0.4, 0.5) is 26.3 Å². The van der Waals surface area contributed by atoms with Crippen molar-refractivity contribution in [2.24, 2.45) is 0 Å². The number of benzene rings is 1. The van der Waals surface area contributed by atoms with Crippen molar-refractivity contribution >= 4 is 17.6 Å². The van der Waals surface area contributed by atoms with Gasteiger partial charge in [-0.1, -0.05) is 17.7 Å². The second-order valence-electron chi connectivity index (χ2n) is 4.40. The van der Waals surface area contributed by atoms with E-state index in [1.807, 2.05) is 0 Å². The minimum atomic E-state index is -5.08. The quantitative estimate of drug-likeness (QED) is 0.787. The van der Waals surface area contributed by atoms with Crippen molar-refractivity contribution in [3.05, 3.63) is 28.8 Å². The van der Waals surface area contributed by atoms with E-state index in [4.69, 9.17) is 21.5 Å². The van der Waals surface area contributed by atoms with E-state index < -0.39 is 18.5 Å². The van der Waals surface area contributed by atoms with Gasteiger partial charge in [0, 0.05) is 19.0 Å². The summed E-state index contributed by atoms with van der Waals surface area (Å²) < 4.78 is 71.4. The summed E-state index contributed by atoms with van der Waals surface area (Å²) in [5.74, 6) is -2.78. The molecule has 0 bridgehead atoms. The van der Waals surface area contributed by atoms with E-state index in [0.29, 0.717) is 5.92 Å². The third kappa shape index (κ3) is 6.53. The fourth-order valence-electron chi connectivity index (χ4n) is 1.50. The largest absolute Gasteiger partial charge is 0.573 e. The lowest BCUT2D eigenvalue weighted by molar-refractivity contribution is -0.274. The molecule has 0 amide bonds. The van der Waals surface area contributed by atoms with E-state index in [-0.39, 0.29) is 10.8 Å². The predicted octanol–water partition coefficient (Wildman–Crippen LogP) is 3.56. The number of aliphatic carboxylic acids is 1. The van der Waals surface area contributed by atoms with Gasteiger partial charge in [-0.25, -0.2) is 4.79 Å². The van der Waals surface area contributed by atoms with Gasteiger partial charge in [0.15, 0.2) is 0 Å². The lowest BCUT2D eigenvalue weighted by Gasteiger charge is -2.27. The van der Waals surface area contributed by atoms with Crippen LogP contribution in [-0.4, -0.2) is 36.7 Å². The number of carboxylic acid groups (broad SMARTS) is 1. The number of hydrogen-bond acceptors (Lipinski definition) is 3. The molecule has 1 aliphatic heterocycles. The van der Waals surface area contributed by atoms with Crippen LogP contribution in [0.25, 0.3) is 0 Å². The lowest BCUT2D eigenvalue weighted by atomic mass is 9.94. The summed E-state index contributed by atoms with van der Waals surface area (Å²) in [5.41, 5.74) is 0.929. The first-order valence-corrected chi connectivity index (χ1v) is 6.34. The molecule has 0 atom stereocenters. The minimum Gasteiger partial charge on any atom is -0.475 e. The summed E-state index contributed by atoms with van der Waals surface area (Å²) >= 11 is 5.72. The van der Waals surface area contributed by atoms with Crippen molar-refractivity contribution in [3.63, 3.8) is 0 Å². The van der Waals surface area contributed by atoms with E-state index in [2.05, 4.69) is 10.1 Å². The highest BCUT2D eigenvalue weighted by atomic mass is 35.5. The molecular weight excluding hydrogens is 356 g/mol. The van der Waals surface area contributed by atoms with E-state index in [1.54, 1.807) is 6.07 Å². The minimum absolute atomic E-state index is 0.0123. The van der Waals surface area contributed by atoms with Crippen molar-refractivity contribution < 1.29 is 41.0 Å². The Kier molecular flexibility index (Phi) is 6.11. The molecule has 4 nitrogen and oxygen atoms in total. The molecule has 1 heterocycles. The second kappa shape index (κ2) is 7.26. The van der Waals surface area contributed by atoms with Crippen molar-refractivity contribution in [2.75, 3.05) is 13.1 Å².